The molecule has 1 N–H and O–H groups in total. The van der Waals surface area contributed by atoms with E-state index < -0.39 is 0 Å². The number of hydrogen-bond acceptors (Lipinski definition) is 3. The van der Waals surface area contributed by atoms with Gasteiger partial charge in [0.1, 0.15) is 0 Å². The summed E-state index contributed by atoms with van der Waals surface area (Å²) >= 11 is 18.3. The second-order valence-electron chi connectivity index (χ2n) is 4.74. The van der Waals surface area contributed by atoms with Crippen LogP contribution in [0.4, 0.5) is 11.4 Å². The highest BCUT2D eigenvalue weighted by Crippen LogP contribution is 2.29. The summed E-state index contributed by atoms with van der Waals surface area (Å²) in [6.07, 6.45) is 0. The van der Waals surface area contributed by atoms with Crippen LogP contribution in [0.3, 0.4) is 0 Å². The molecule has 0 fully saturated rings. The predicted molar refractivity (Wildman–Crippen MR) is 98.1 cm³/mol. The van der Waals surface area contributed by atoms with Crippen molar-refractivity contribution >= 4 is 51.9 Å². The number of hydrazone groups is 1. The molecule has 0 amide bonds. The Hall–Kier alpha value is -1.42. The van der Waals surface area contributed by atoms with Crippen LogP contribution in [0, 0.1) is 0 Å². The van der Waals surface area contributed by atoms with E-state index in [0.29, 0.717) is 15.1 Å². The SMILES string of the molecule is CNc1ccc(Cl)cc1/C(C)=N\N(C)c1cc(Cl)ccc1Cl. The molecule has 0 saturated carbocycles. The zero-order chi connectivity index (χ0) is 16.3. The monoisotopic (exact) mass is 355 g/mol. The molecule has 0 spiro atoms. The zero-order valence-electron chi connectivity index (χ0n) is 12.5. The van der Waals surface area contributed by atoms with Crippen molar-refractivity contribution in [3.8, 4) is 0 Å². The molecule has 116 valence electrons. The van der Waals surface area contributed by atoms with Crippen molar-refractivity contribution in [2.45, 2.75) is 6.92 Å². The first-order valence-corrected chi connectivity index (χ1v) is 7.77. The molecular formula is C16H16Cl3N3. The Morgan fingerprint density at radius 3 is 2.36 bits per heavy atom. The van der Waals surface area contributed by atoms with E-state index in [1.54, 1.807) is 23.2 Å². The number of rotatable bonds is 4. The van der Waals surface area contributed by atoms with Crippen LogP contribution in [0.5, 0.6) is 0 Å². The molecule has 0 heterocycles. The smallest absolute Gasteiger partial charge is 0.0791 e. The third-order valence-corrected chi connectivity index (χ3v) is 3.99. The Morgan fingerprint density at radius 1 is 1.05 bits per heavy atom. The number of anilines is 2. The molecule has 3 nitrogen and oxygen atoms in total. The summed E-state index contributed by atoms with van der Waals surface area (Å²) in [6, 6.07) is 10.9. The quantitative estimate of drug-likeness (QED) is 0.574. The van der Waals surface area contributed by atoms with Crippen LogP contribution >= 0.6 is 34.8 Å². The van der Waals surface area contributed by atoms with Gasteiger partial charge in [-0.1, -0.05) is 34.8 Å². The normalized spacial score (nSPS) is 11.5. The lowest BCUT2D eigenvalue weighted by Crippen LogP contribution is -2.13. The number of hydrogen-bond donors (Lipinski definition) is 1. The number of benzene rings is 2. The van der Waals surface area contributed by atoms with Crippen molar-refractivity contribution < 1.29 is 0 Å². The standard InChI is InChI=1S/C16H16Cl3N3/c1-10(13-8-11(17)5-7-15(13)20-2)21-22(3)16-9-12(18)4-6-14(16)19/h4-9,20H,1-3H3/b21-10-. The summed E-state index contributed by atoms with van der Waals surface area (Å²) in [5.74, 6) is 0. The van der Waals surface area contributed by atoms with E-state index >= 15 is 0 Å². The molecule has 0 unspecified atom stereocenters. The molecule has 0 aliphatic heterocycles. The zero-order valence-corrected chi connectivity index (χ0v) is 14.8. The molecule has 2 aromatic carbocycles. The van der Waals surface area contributed by atoms with Gasteiger partial charge in [-0.05, 0) is 43.3 Å². The van der Waals surface area contributed by atoms with Crippen molar-refractivity contribution in [1.29, 1.82) is 0 Å². The van der Waals surface area contributed by atoms with Gasteiger partial charge in [-0.25, -0.2) is 0 Å². The first kappa shape index (κ1) is 16.9. The average molecular weight is 357 g/mol. The molecule has 0 aliphatic rings. The van der Waals surface area contributed by atoms with Gasteiger partial charge in [0.2, 0.25) is 0 Å². The minimum absolute atomic E-state index is 0.586. The van der Waals surface area contributed by atoms with Gasteiger partial charge in [0.15, 0.2) is 0 Å². The second-order valence-corrected chi connectivity index (χ2v) is 6.02. The lowest BCUT2D eigenvalue weighted by Gasteiger charge is -2.17. The van der Waals surface area contributed by atoms with Crippen molar-refractivity contribution in [2.75, 3.05) is 24.4 Å². The third-order valence-electron chi connectivity index (χ3n) is 3.20. The summed E-state index contributed by atoms with van der Waals surface area (Å²) in [6.45, 7) is 1.92. The van der Waals surface area contributed by atoms with Crippen LogP contribution in [0.2, 0.25) is 15.1 Å². The molecular weight excluding hydrogens is 341 g/mol. The molecule has 0 aliphatic carbocycles. The van der Waals surface area contributed by atoms with Crippen molar-refractivity contribution in [3.05, 3.63) is 57.0 Å². The maximum Gasteiger partial charge on any atom is 0.0791 e. The highest BCUT2D eigenvalue weighted by molar-refractivity contribution is 6.35. The number of halogens is 3. The topological polar surface area (TPSA) is 27.6 Å². The van der Waals surface area contributed by atoms with Gasteiger partial charge >= 0.3 is 0 Å². The molecule has 0 atom stereocenters. The lowest BCUT2D eigenvalue weighted by molar-refractivity contribution is 1.01. The Bertz CT molecular complexity index is 714. The van der Waals surface area contributed by atoms with Gasteiger partial charge in [-0.15, -0.1) is 0 Å². The fourth-order valence-electron chi connectivity index (χ4n) is 2.10. The van der Waals surface area contributed by atoms with E-state index in [9.17, 15) is 0 Å². The minimum atomic E-state index is 0.586. The van der Waals surface area contributed by atoms with Crippen molar-refractivity contribution in [1.82, 2.24) is 0 Å². The Kier molecular flexibility index (Phi) is 5.57. The number of nitrogens with one attached hydrogen (secondary N) is 1. The Labute approximate surface area is 145 Å². The van der Waals surface area contributed by atoms with E-state index in [4.69, 9.17) is 34.8 Å². The van der Waals surface area contributed by atoms with Crippen molar-refractivity contribution in [2.24, 2.45) is 5.10 Å². The fourth-order valence-corrected chi connectivity index (χ4v) is 2.68. The summed E-state index contributed by atoms with van der Waals surface area (Å²) in [5, 5.41) is 11.3. The van der Waals surface area contributed by atoms with E-state index in [0.717, 1.165) is 22.6 Å². The van der Waals surface area contributed by atoms with E-state index in [2.05, 4.69) is 10.4 Å². The first-order valence-electron chi connectivity index (χ1n) is 6.64. The minimum Gasteiger partial charge on any atom is -0.388 e. The first-order chi connectivity index (χ1) is 10.4. The molecule has 2 aromatic rings. The largest absolute Gasteiger partial charge is 0.388 e. The molecule has 0 saturated heterocycles. The van der Waals surface area contributed by atoms with Gasteiger partial charge < -0.3 is 5.32 Å². The summed E-state index contributed by atoms with van der Waals surface area (Å²) in [4.78, 5) is 0. The summed E-state index contributed by atoms with van der Waals surface area (Å²) in [5.41, 5.74) is 3.43. The maximum absolute atomic E-state index is 6.20. The molecule has 2 rings (SSSR count). The highest BCUT2D eigenvalue weighted by atomic mass is 35.5. The second kappa shape index (κ2) is 7.23. The lowest BCUT2D eigenvalue weighted by atomic mass is 10.1. The Balaban J connectivity index is 2.40. The van der Waals surface area contributed by atoms with Gasteiger partial charge in [0.25, 0.3) is 0 Å². The van der Waals surface area contributed by atoms with Gasteiger partial charge in [-0.2, -0.15) is 5.10 Å². The van der Waals surface area contributed by atoms with Gasteiger partial charge in [-0.3, -0.25) is 5.01 Å². The predicted octanol–water partition coefficient (Wildman–Crippen LogP) is 5.55. The van der Waals surface area contributed by atoms with Crippen LogP contribution < -0.4 is 10.3 Å². The molecule has 6 heteroatoms. The fraction of sp³-hybridized carbons (Fsp3) is 0.188. The Morgan fingerprint density at radius 2 is 1.68 bits per heavy atom. The van der Waals surface area contributed by atoms with Crippen LogP contribution in [-0.4, -0.2) is 19.8 Å². The van der Waals surface area contributed by atoms with Crippen LogP contribution in [0.1, 0.15) is 12.5 Å². The molecule has 22 heavy (non-hydrogen) atoms. The molecule has 0 radical (unpaired) electrons. The number of nitrogens with zero attached hydrogens (tertiary/aromatic N) is 2. The van der Waals surface area contributed by atoms with Crippen LogP contribution in [0.15, 0.2) is 41.5 Å². The summed E-state index contributed by atoms with van der Waals surface area (Å²) < 4.78 is 0. The van der Waals surface area contributed by atoms with Gasteiger partial charge in [0, 0.05) is 35.4 Å². The van der Waals surface area contributed by atoms with Crippen molar-refractivity contribution in [3.63, 3.8) is 0 Å². The maximum atomic E-state index is 6.20. The molecule has 0 bridgehead atoms. The van der Waals surface area contributed by atoms with E-state index in [-0.39, 0.29) is 0 Å². The highest BCUT2D eigenvalue weighted by Gasteiger charge is 2.10. The average Bonchev–Trinajstić information content (AvgIpc) is 2.49. The van der Waals surface area contributed by atoms with Crippen LogP contribution in [0.25, 0.3) is 0 Å². The van der Waals surface area contributed by atoms with Gasteiger partial charge in [0.05, 0.1) is 16.4 Å². The van der Waals surface area contributed by atoms with Crippen LogP contribution in [-0.2, 0) is 0 Å². The van der Waals surface area contributed by atoms with E-state index in [1.807, 2.05) is 39.2 Å². The summed E-state index contributed by atoms with van der Waals surface area (Å²) in [7, 11) is 3.68. The molecule has 0 aromatic heterocycles. The van der Waals surface area contributed by atoms with E-state index in [1.165, 1.54) is 0 Å². The third kappa shape index (κ3) is 3.86.